The Labute approximate surface area is 103 Å². The van der Waals surface area contributed by atoms with Crippen LogP contribution in [0.5, 0.6) is 0 Å². The van der Waals surface area contributed by atoms with Gasteiger partial charge >= 0.3 is 7.60 Å². The molecule has 96 valence electrons. The Morgan fingerprint density at radius 3 is 2.41 bits per heavy atom. The standard InChI is InChI=1S/C13H21O3P/c1-2-3-4-5-9-12-16-17(14,15)13-10-7-6-8-11-13/h6-8,10-11H,2-5,9,12H2,1H3,(H,14,15). The molecule has 4 heteroatoms. The van der Waals surface area contributed by atoms with Gasteiger partial charge in [-0.2, -0.15) is 0 Å². The molecule has 0 aliphatic rings. The Bertz CT molecular complexity index is 351. The molecule has 1 unspecified atom stereocenters. The van der Waals surface area contributed by atoms with E-state index in [1.807, 2.05) is 6.07 Å². The molecule has 0 aliphatic carbocycles. The van der Waals surface area contributed by atoms with E-state index in [1.54, 1.807) is 24.3 Å². The van der Waals surface area contributed by atoms with Crippen molar-refractivity contribution in [2.45, 2.75) is 39.0 Å². The van der Waals surface area contributed by atoms with Gasteiger partial charge in [-0.1, -0.05) is 50.8 Å². The van der Waals surface area contributed by atoms with Crippen LogP contribution in [0.15, 0.2) is 30.3 Å². The van der Waals surface area contributed by atoms with Crippen LogP contribution in [0.1, 0.15) is 39.0 Å². The zero-order valence-electron chi connectivity index (χ0n) is 10.3. The predicted octanol–water partition coefficient (Wildman–Crippen LogP) is 3.48. The third-order valence-corrected chi connectivity index (χ3v) is 4.08. The summed E-state index contributed by atoms with van der Waals surface area (Å²) < 4.78 is 16.9. The molecule has 1 rings (SSSR count). The van der Waals surface area contributed by atoms with E-state index in [0.717, 1.165) is 12.8 Å². The number of hydrogen-bond donors (Lipinski definition) is 1. The molecule has 0 bridgehead atoms. The summed E-state index contributed by atoms with van der Waals surface area (Å²) in [4.78, 5) is 9.72. The third-order valence-electron chi connectivity index (χ3n) is 2.60. The molecular formula is C13H21O3P. The van der Waals surface area contributed by atoms with Gasteiger partial charge < -0.3 is 9.42 Å². The quantitative estimate of drug-likeness (QED) is 0.572. The summed E-state index contributed by atoms with van der Waals surface area (Å²) in [5.41, 5.74) is 0. The van der Waals surface area contributed by atoms with Crippen LogP contribution in [-0.4, -0.2) is 11.5 Å². The van der Waals surface area contributed by atoms with Crippen LogP contribution < -0.4 is 5.30 Å². The Morgan fingerprint density at radius 1 is 1.12 bits per heavy atom. The fourth-order valence-corrected chi connectivity index (χ4v) is 2.66. The molecule has 0 spiro atoms. The average Bonchev–Trinajstić information content (AvgIpc) is 2.35. The van der Waals surface area contributed by atoms with Gasteiger partial charge in [-0.15, -0.1) is 0 Å². The lowest BCUT2D eigenvalue weighted by Crippen LogP contribution is -2.07. The van der Waals surface area contributed by atoms with E-state index in [2.05, 4.69) is 6.92 Å². The van der Waals surface area contributed by atoms with Crippen LogP contribution >= 0.6 is 7.60 Å². The molecule has 0 aromatic heterocycles. The van der Waals surface area contributed by atoms with Gasteiger partial charge in [0.2, 0.25) is 0 Å². The Kier molecular flexibility index (Phi) is 6.49. The van der Waals surface area contributed by atoms with Crippen LogP contribution in [0.3, 0.4) is 0 Å². The largest absolute Gasteiger partial charge is 0.358 e. The van der Waals surface area contributed by atoms with Crippen LogP contribution in [-0.2, 0) is 9.09 Å². The molecule has 1 aromatic carbocycles. The van der Waals surface area contributed by atoms with Gasteiger partial charge in [0.05, 0.1) is 11.9 Å². The summed E-state index contributed by atoms with van der Waals surface area (Å²) in [5.74, 6) is 0. The van der Waals surface area contributed by atoms with Crippen molar-refractivity contribution in [2.24, 2.45) is 0 Å². The molecular weight excluding hydrogens is 235 g/mol. The van der Waals surface area contributed by atoms with Crippen LogP contribution in [0.25, 0.3) is 0 Å². The second-order valence-electron chi connectivity index (χ2n) is 4.10. The van der Waals surface area contributed by atoms with Crippen molar-refractivity contribution in [3.8, 4) is 0 Å². The molecule has 3 nitrogen and oxygen atoms in total. The molecule has 1 aromatic rings. The minimum Gasteiger partial charge on any atom is -0.321 e. The molecule has 0 radical (unpaired) electrons. The van der Waals surface area contributed by atoms with E-state index in [0.29, 0.717) is 11.9 Å². The lowest BCUT2D eigenvalue weighted by molar-refractivity contribution is 0.261. The van der Waals surface area contributed by atoms with Crippen molar-refractivity contribution in [1.82, 2.24) is 0 Å². The van der Waals surface area contributed by atoms with E-state index in [1.165, 1.54) is 19.3 Å². The van der Waals surface area contributed by atoms with Crippen molar-refractivity contribution in [3.63, 3.8) is 0 Å². The monoisotopic (exact) mass is 256 g/mol. The van der Waals surface area contributed by atoms with E-state index in [4.69, 9.17) is 4.52 Å². The zero-order valence-corrected chi connectivity index (χ0v) is 11.2. The number of hydrogen-bond acceptors (Lipinski definition) is 2. The van der Waals surface area contributed by atoms with Gasteiger partial charge in [-0.25, -0.2) is 0 Å². The first-order chi connectivity index (χ1) is 8.17. The maximum atomic E-state index is 11.8. The van der Waals surface area contributed by atoms with Crippen molar-refractivity contribution >= 4 is 12.9 Å². The van der Waals surface area contributed by atoms with Gasteiger partial charge in [0.1, 0.15) is 0 Å². The van der Waals surface area contributed by atoms with Crippen molar-refractivity contribution in [3.05, 3.63) is 30.3 Å². The number of rotatable bonds is 8. The fourth-order valence-electron chi connectivity index (χ4n) is 1.58. The molecule has 0 amide bonds. The van der Waals surface area contributed by atoms with Crippen LogP contribution in [0.4, 0.5) is 0 Å². The molecule has 1 N–H and O–H groups in total. The van der Waals surface area contributed by atoms with Gasteiger partial charge in [-0.3, -0.25) is 4.57 Å². The van der Waals surface area contributed by atoms with E-state index >= 15 is 0 Å². The molecule has 17 heavy (non-hydrogen) atoms. The highest BCUT2D eigenvalue weighted by atomic mass is 31.2. The Balaban J connectivity index is 2.28. The number of unbranched alkanes of at least 4 members (excludes halogenated alkanes) is 4. The highest BCUT2D eigenvalue weighted by molar-refractivity contribution is 7.61. The Hall–Kier alpha value is -0.630. The maximum Gasteiger partial charge on any atom is 0.358 e. The SMILES string of the molecule is CCCCCCCOP(=O)(O)c1ccccc1. The van der Waals surface area contributed by atoms with Crippen molar-refractivity contribution in [2.75, 3.05) is 6.61 Å². The van der Waals surface area contributed by atoms with Crippen LogP contribution in [0.2, 0.25) is 0 Å². The smallest absolute Gasteiger partial charge is 0.321 e. The van der Waals surface area contributed by atoms with Crippen LogP contribution in [0, 0.1) is 0 Å². The molecule has 0 saturated heterocycles. The lowest BCUT2D eigenvalue weighted by atomic mass is 10.2. The molecule has 0 fully saturated rings. The van der Waals surface area contributed by atoms with Crippen molar-refractivity contribution < 1.29 is 14.0 Å². The summed E-state index contributed by atoms with van der Waals surface area (Å²) in [6, 6.07) is 8.54. The lowest BCUT2D eigenvalue weighted by Gasteiger charge is -2.11. The van der Waals surface area contributed by atoms with Gasteiger partial charge in [0, 0.05) is 0 Å². The molecule has 1 atom stereocenters. The highest BCUT2D eigenvalue weighted by Gasteiger charge is 2.21. The first-order valence-electron chi connectivity index (χ1n) is 6.20. The minimum atomic E-state index is -3.60. The zero-order chi connectivity index (χ0) is 12.6. The first-order valence-corrected chi connectivity index (χ1v) is 7.77. The van der Waals surface area contributed by atoms with E-state index < -0.39 is 7.60 Å². The Morgan fingerprint density at radius 2 is 1.76 bits per heavy atom. The van der Waals surface area contributed by atoms with Gasteiger partial charge in [-0.05, 0) is 18.6 Å². The summed E-state index contributed by atoms with van der Waals surface area (Å²) in [7, 11) is -3.60. The highest BCUT2D eigenvalue weighted by Crippen LogP contribution is 2.40. The molecule has 0 saturated carbocycles. The topological polar surface area (TPSA) is 46.5 Å². The fraction of sp³-hybridized carbons (Fsp3) is 0.538. The summed E-state index contributed by atoms with van der Waals surface area (Å²) in [5, 5.41) is 0.369. The predicted molar refractivity (Wildman–Crippen MR) is 70.6 cm³/mol. The second-order valence-corrected chi connectivity index (χ2v) is 5.92. The minimum absolute atomic E-state index is 0.354. The van der Waals surface area contributed by atoms with E-state index in [-0.39, 0.29) is 0 Å². The summed E-state index contributed by atoms with van der Waals surface area (Å²) in [6.07, 6.45) is 5.49. The third kappa shape index (κ3) is 5.49. The summed E-state index contributed by atoms with van der Waals surface area (Å²) in [6.45, 7) is 2.51. The average molecular weight is 256 g/mol. The first kappa shape index (κ1) is 14.4. The van der Waals surface area contributed by atoms with Gasteiger partial charge in [0.25, 0.3) is 0 Å². The van der Waals surface area contributed by atoms with E-state index in [9.17, 15) is 9.46 Å². The van der Waals surface area contributed by atoms with Crippen molar-refractivity contribution in [1.29, 1.82) is 0 Å². The number of benzene rings is 1. The molecule has 0 heterocycles. The maximum absolute atomic E-state index is 11.8. The normalized spacial score (nSPS) is 14.5. The summed E-state index contributed by atoms with van der Waals surface area (Å²) >= 11 is 0. The molecule has 0 aliphatic heterocycles. The second kappa shape index (κ2) is 7.65. The van der Waals surface area contributed by atoms with Gasteiger partial charge in [0.15, 0.2) is 0 Å².